The van der Waals surface area contributed by atoms with E-state index in [1.54, 1.807) is 0 Å². The minimum Gasteiger partial charge on any atom is -0.481 e. The van der Waals surface area contributed by atoms with Crippen molar-refractivity contribution < 1.29 is 9.90 Å². The molecule has 2 heteroatoms. The summed E-state index contributed by atoms with van der Waals surface area (Å²) in [6.45, 7) is 11.5. The van der Waals surface area contributed by atoms with Crippen molar-refractivity contribution >= 4 is 11.5 Å². The fourth-order valence-electron chi connectivity index (χ4n) is 3.98. The summed E-state index contributed by atoms with van der Waals surface area (Å²) in [4.78, 5) is 10.9. The van der Waals surface area contributed by atoms with Gasteiger partial charge in [-0.15, -0.1) is 0 Å². The van der Waals surface area contributed by atoms with Crippen molar-refractivity contribution in [2.24, 2.45) is 11.8 Å². The molecule has 0 aromatic heterocycles. The molecule has 1 N–H and O–H groups in total. The normalized spacial score (nSPS) is 27.2. The second kappa shape index (κ2) is 6.16. The number of fused-ring (bicyclic) bond motifs is 1. The number of hydrogen-bond donors (Lipinski definition) is 1. The lowest BCUT2D eigenvalue weighted by molar-refractivity contribution is -0.138. The van der Waals surface area contributed by atoms with Gasteiger partial charge in [0.15, 0.2) is 0 Å². The van der Waals surface area contributed by atoms with Gasteiger partial charge in [-0.1, -0.05) is 64.1 Å². The monoisotopic (exact) mass is 338 g/mol. The summed E-state index contributed by atoms with van der Waals surface area (Å²) in [6, 6.07) is 6.92. The SMILES string of the molecule is CC(=CC=C[C@@H]1C[C@H]1C(=O)O)c1ccc2c(c1)C(C)(C)CCC2(C)C. The summed E-state index contributed by atoms with van der Waals surface area (Å²) in [5.74, 6) is -0.628. The first-order valence-corrected chi connectivity index (χ1v) is 9.35. The number of carboxylic acids is 1. The molecule has 0 bridgehead atoms. The van der Waals surface area contributed by atoms with Crippen LogP contribution in [0.5, 0.6) is 0 Å². The van der Waals surface area contributed by atoms with Gasteiger partial charge in [0.2, 0.25) is 0 Å². The van der Waals surface area contributed by atoms with E-state index in [2.05, 4.69) is 58.9 Å². The van der Waals surface area contributed by atoms with Crippen LogP contribution in [0.25, 0.3) is 5.57 Å². The molecule has 1 saturated carbocycles. The molecule has 1 fully saturated rings. The maximum atomic E-state index is 10.9. The fraction of sp³-hybridized carbons (Fsp3) is 0.522. The number of carboxylic acid groups (broad SMARTS) is 1. The van der Waals surface area contributed by atoms with E-state index in [0.717, 1.165) is 6.42 Å². The predicted octanol–water partition coefficient (Wildman–Crippen LogP) is 5.72. The average Bonchev–Trinajstić information content (AvgIpc) is 3.31. The van der Waals surface area contributed by atoms with Crippen LogP contribution < -0.4 is 0 Å². The van der Waals surface area contributed by atoms with E-state index >= 15 is 0 Å². The third-order valence-electron chi connectivity index (χ3n) is 6.17. The number of carbonyl (C=O) groups is 1. The van der Waals surface area contributed by atoms with Crippen LogP contribution in [0.2, 0.25) is 0 Å². The van der Waals surface area contributed by atoms with Gasteiger partial charge >= 0.3 is 5.97 Å². The molecular formula is C23H30O2. The first-order chi connectivity index (χ1) is 11.6. The van der Waals surface area contributed by atoms with E-state index in [4.69, 9.17) is 5.11 Å². The molecule has 134 valence electrons. The Labute approximate surface area is 151 Å². The van der Waals surface area contributed by atoms with Gasteiger partial charge in [-0.05, 0) is 65.2 Å². The van der Waals surface area contributed by atoms with Crippen molar-refractivity contribution in [1.82, 2.24) is 0 Å². The van der Waals surface area contributed by atoms with Gasteiger partial charge < -0.3 is 5.11 Å². The highest BCUT2D eigenvalue weighted by molar-refractivity contribution is 5.74. The standard InChI is InChI=1S/C23H30O2/c1-15(7-6-8-17-13-18(17)21(24)25)16-9-10-19-20(14-16)23(4,5)12-11-22(19,2)3/h6-10,14,17-18H,11-13H2,1-5H3,(H,24,25)/t17-,18-/m1/s1. The molecule has 0 saturated heterocycles. The highest BCUT2D eigenvalue weighted by atomic mass is 16.4. The Kier molecular flexibility index (Phi) is 4.43. The van der Waals surface area contributed by atoms with E-state index in [-0.39, 0.29) is 22.7 Å². The first-order valence-electron chi connectivity index (χ1n) is 9.35. The summed E-state index contributed by atoms with van der Waals surface area (Å²) in [5.41, 5.74) is 5.92. The van der Waals surface area contributed by atoms with Crippen LogP contribution in [0.1, 0.15) is 70.6 Å². The summed E-state index contributed by atoms with van der Waals surface area (Å²) < 4.78 is 0. The van der Waals surface area contributed by atoms with Gasteiger partial charge in [0.1, 0.15) is 0 Å². The molecule has 0 aliphatic heterocycles. The van der Waals surface area contributed by atoms with Gasteiger partial charge in [-0.25, -0.2) is 0 Å². The summed E-state index contributed by atoms with van der Waals surface area (Å²) in [5, 5.41) is 8.96. The molecule has 2 aliphatic rings. The molecule has 0 unspecified atom stereocenters. The fourth-order valence-corrected chi connectivity index (χ4v) is 3.98. The molecule has 1 aromatic carbocycles. The molecule has 0 heterocycles. The molecule has 2 atom stereocenters. The minimum absolute atomic E-state index is 0.170. The zero-order chi connectivity index (χ0) is 18.4. The van der Waals surface area contributed by atoms with E-state index < -0.39 is 5.97 Å². The second-order valence-corrected chi connectivity index (χ2v) is 9.11. The Morgan fingerprint density at radius 3 is 2.36 bits per heavy atom. The number of benzene rings is 1. The average molecular weight is 338 g/mol. The van der Waals surface area contributed by atoms with Gasteiger partial charge in [0.25, 0.3) is 0 Å². The van der Waals surface area contributed by atoms with E-state index in [1.807, 2.05) is 12.2 Å². The van der Waals surface area contributed by atoms with E-state index in [1.165, 1.54) is 35.1 Å². The first kappa shape index (κ1) is 18.0. The molecule has 0 radical (unpaired) electrons. The Balaban J connectivity index is 1.83. The molecule has 0 spiro atoms. The van der Waals surface area contributed by atoms with Crippen molar-refractivity contribution in [3.8, 4) is 0 Å². The Hall–Kier alpha value is -1.83. The van der Waals surface area contributed by atoms with Gasteiger partial charge in [-0.2, -0.15) is 0 Å². The number of hydrogen-bond acceptors (Lipinski definition) is 1. The number of rotatable bonds is 4. The van der Waals surface area contributed by atoms with Crippen molar-refractivity contribution in [2.45, 2.75) is 64.7 Å². The van der Waals surface area contributed by atoms with E-state index in [0.29, 0.717) is 0 Å². The molecule has 25 heavy (non-hydrogen) atoms. The van der Waals surface area contributed by atoms with Crippen molar-refractivity contribution in [1.29, 1.82) is 0 Å². The van der Waals surface area contributed by atoms with Gasteiger partial charge in [0.05, 0.1) is 5.92 Å². The highest BCUT2D eigenvalue weighted by Crippen LogP contribution is 2.46. The molecule has 2 nitrogen and oxygen atoms in total. The second-order valence-electron chi connectivity index (χ2n) is 9.11. The topological polar surface area (TPSA) is 37.3 Å². The lowest BCUT2D eigenvalue weighted by Crippen LogP contribution is -2.33. The van der Waals surface area contributed by atoms with Crippen LogP contribution in [-0.2, 0) is 15.6 Å². The zero-order valence-corrected chi connectivity index (χ0v) is 16.1. The predicted molar refractivity (Wildman–Crippen MR) is 104 cm³/mol. The van der Waals surface area contributed by atoms with Crippen LogP contribution in [0.3, 0.4) is 0 Å². The minimum atomic E-state index is -0.671. The Morgan fingerprint density at radius 2 is 1.76 bits per heavy atom. The molecule has 2 aliphatic carbocycles. The van der Waals surface area contributed by atoms with Gasteiger partial charge in [-0.3, -0.25) is 4.79 Å². The summed E-state index contributed by atoms with van der Waals surface area (Å²) in [7, 11) is 0. The van der Waals surface area contributed by atoms with E-state index in [9.17, 15) is 4.79 Å². The van der Waals surface area contributed by atoms with Crippen molar-refractivity contribution in [3.05, 3.63) is 53.1 Å². The molecule has 0 amide bonds. The number of allylic oxidation sites excluding steroid dienone is 4. The maximum absolute atomic E-state index is 10.9. The largest absolute Gasteiger partial charge is 0.481 e. The lowest BCUT2D eigenvalue weighted by Gasteiger charge is -2.42. The molecule has 3 rings (SSSR count). The van der Waals surface area contributed by atoms with Gasteiger partial charge in [0, 0.05) is 0 Å². The lowest BCUT2D eigenvalue weighted by atomic mass is 9.63. The quantitative estimate of drug-likeness (QED) is 0.713. The Morgan fingerprint density at radius 1 is 1.12 bits per heavy atom. The Bertz CT molecular complexity index is 749. The third kappa shape index (κ3) is 3.58. The summed E-state index contributed by atoms with van der Waals surface area (Å²) in [6.07, 6.45) is 9.40. The van der Waals surface area contributed by atoms with Crippen LogP contribution in [0.15, 0.2) is 36.4 Å². The molecular weight excluding hydrogens is 308 g/mol. The van der Waals surface area contributed by atoms with Crippen LogP contribution in [0, 0.1) is 11.8 Å². The molecule has 1 aromatic rings. The summed E-state index contributed by atoms with van der Waals surface area (Å²) >= 11 is 0. The zero-order valence-electron chi connectivity index (χ0n) is 16.1. The highest BCUT2D eigenvalue weighted by Gasteiger charge is 2.41. The van der Waals surface area contributed by atoms with Crippen molar-refractivity contribution in [2.75, 3.05) is 0 Å². The van der Waals surface area contributed by atoms with Crippen LogP contribution in [-0.4, -0.2) is 11.1 Å². The maximum Gasteiger partial charge on any atom is 0.307 e. The third-order valence-corrected chi connectivity index (χ3v) is 6.17. The van der Waals surface area contributed by atoms with Crippen molar-refractivity contribution in [3.63, 3.8) is 0 Å². The number of aliphatic carboxylic acids is 1. The van der Waals surface area contributed by atoms with Crippen LogP contribution >= 0.6 is 0 Å². The van der Waals surface area contributed by atoms with Crippen LogP contribution in [0.4, 0.5) is 0 Å². The smallest absolute Gasteiger partial charge is 0.307 e.